The SMILES string of the molecule is [Ar].[CH2-]N(C)C(C)CCc1ccc(CC)cn1.[W]. The zero-order valence-corrected chi connectivity index (χ0v) is 14.4. The van der Waals surface area contributed by atoms with Gasteiger partial charge in [-0.3, -0.25) is 12.0 Å². The fourth-order valence-electron chi connectivity index (χ4n) is 1.39. The van der Waals surface area contributed by atoms with Gasteiger partial charge in [0, 0.05) is 70.7 Å². The molecule has 1 aromatic heterocycles. The van der Waals surface area contributed by atoms with E-state index in [1.54, 1.807) is 0 Å². The van der Waals surface area contributed by atoms with Crippen molar-refractivity contribution in [1.29, 1.82) is 0 Å². The number of hydrogen-bond acceptors (Lipinski definition) is 2. The molecule has 0 amide bonds. The molecular weight excluding hydrogens is 408 g/mol. The first-order valence-corrected chi connectivity index (χ1v) is 5.60. The van der Waals surface area contributed by atoms with Crippen molar-refractivity contribution in [3.8, 4) is 0 Å². The van der Waals surface area contributed by atoms with Gasteiger partial charge < -0.3 is 4.90 Å². The summed E-state index contributed by atoms with van der Waals surface area (Å²) in [7, 11) is 5.90. The van der Waals surface area contributed by atoms with E-state index >= 15 is 0 Å². The van der Waals surface area contributed by atoms with Gasteiger partial charge in [-0.2, -0.15) is 0 Å². The van der Waals surface area contributed by atoms with E-state index in [0.29, 0.717) is 6.04 Å². The monoisotopic (exact) mass is 429 g/mol. The summed E-state index contributed by atoms with van der Waals surface area (Å²) in [5.41, 5.74) is 2.49. The van der Waals surface area contributed by atoms with Crippen molar-refractivity contribution in [3.63, 3.8) is 0 Å². The Labute approximate surface area is 150 Å². The molecule has 1 unspecified atom stereocenters. The molecule has 1 aromatic rings. The number of aromatic nitrogens is 1. The average molecular weight is 429 g/mol. The molecular formula is C13H21ArN2W-. The van der Waals surface area contributed by atoms with E-state index < -0.39 is 0 Å². The average Bonchev–Trinajstić information content (AvgIpc) is 2.26. The van der Waals surface area contributed by atoms with Gasteiger partial charge in [0.1, 0.15) is 0 Å². The summed E-state index contributed by atoms with van der Waals surface area (Å²) < 4.78 is 0. The van der Waals surface area contributed by atoms with Gasteiger partial charge in [-0.05, 0) is 44.0 Å². The predicted octanol–water partition coefficient (Wildman–Crippen LogP) is 2.69. The van der Waals surface area contributed by atoms with Gasteiger partial charge in [-0.1, -0.05) is 19.9 Å². The molecule has 17 heavy (non-hydrogen) atoms. The summed E-state index contributed by atoms with van der Waals surface area (Å²) in [4.78, 5) is 6.44. The third-order valence-electron chi connectivity index (χ3n) is 2.86. The van der Waals surface area contributed by atoms with Crippen LogP contribution in [0.25, 0.3) is 0 Å². The Kier molecular flexibility index (Phi) is 13.1. The Hall–Kier alpha value is 1.06. The molecule has 1 atom stereocenters. The fourth-order valence-corrected chi connectivity index (χ4v) is 1.39. The van der Waals surface area contributed by atoms with Gasteiger partial charge in [-0.15, -0.1) is 0 Å². The minimum Gasteiger partial charge on any atom is -0.459 e. The molecule has 0 saturated carbocycles. The number of aryl methyl sites for hydroxylation is 2. The molecule has 2 nitrogen and oxygen atoms in total. The number of nitrogens with zero attached hydrogens (tertiary/aromatic N) is 2. The van der Waals surface area contributed by atoms with E-state index in [1.807, 2.05) is 18.1 Å². The van der Waals surface area contributed by atoms with Gasteiger partial charge in [0.25, 0.3) is 0 Å². The first kappa shape index (κ1) is 20.4. The van der Waals surface area contributed by atoms with Crippen molar-refractivity contribution >= 4 is 0 Å². The number of hydrogen-bond donors (Lipinski definition) is 0. The van der Waals surface area contributed by atoms with Crippen LogP contribution in [-0.2, 0) is 33.9 Å². The smallest absolute Gasteiger partial charge is 0.0404 e. The molecule has 98 valence electrons. The molecule has 0 fully saturated rings. The normalized spacial score (nSPS) is 11.6. The standard InChI is InChI=1S/C13H21N2.Ar.W/c1-5-12-7-9-13(14-10-12)8-6-11(2)15(3)4;;/h7,9-11H,3,5-6,8H2,1-2,4H3;;/q-1;;. The zero-order valence-electron chi connectivity index (χ0n) is 10.8. The number of rotatable bonds is 5. The minimum absolute atomic E-state index is 0. The summed E-state index contributed by atoms with van der Waals surface area (Å²) >= 11 is 0. The van der Waals surface area contributed by atoms with Crippen LogP contribution in [0, 0.1) is 44.8 Å². The predicted molar refractivity (Wildman–Crippen MR) is 64.5 cm³/mol. The van der Waals surface area contributed by atoms with Crippen LogP contribution in [0.3, 0.4) is 0 Å². The Balaban J connectivity index is 0. The van der Waals surface area contributed by atoms with Crippen molar-refractivity contribution in [1.82, 2.24) is 9.88 Å². The molecule has 0 aliphatic carbocycles. The third kappa shape index (κ3) is 7.95. The molecule has 4 heteroatoms. The zero-order chi connectivity index (χ0) is 11.3. The van der Waals surface area contributed by atoms with Crippen molar-refractivity contribution in [3.05, 3.63) is 36.6 Å². The van der Waals surface area contributed by atoms with E-state index in [0.717, 1.165) is 19.3 Å². The van der Waals surface area contributed by atoms with Crippen molar-refractivity contribution in [2.24, 2.45) is 0 Å². The van der Waals surface area contributed by atoms with Crippen molar-refractivity contribution in [2.45, 2.75) is 39.2 Å². The van der Waals surface area contributed by atoms with Crippen LogP contribution < -0.4 is 0 Å². The molecule has 0 bridgehead atoms. The van der Waals surface area contributed by atoms with Gasteiger partial charge in [0.05, 0.1) is 0 Å². The second-order valence-corrected chi connectivity index (χ2v) is 4.16. The molecule has 0 N–H and O–H groups in total. The van der Waals surface area contributed by atoms with Crippen LogP contribution in [0.15, 0.2) is 18.3 Å². The summed E-state index contributed by atoms with van der Waals surface area (Å²) in [5.74, 6) is 0. The molecule has 0 aromatic carbocycles. The summed E-state index contributed by atoms with van der Waals surface area (Å²) in [6.07, 6.45) is 5.18. The second-order valence-electron chi connectivity index (χ2n) is 4.16. The Bertz CT molecular complexity index is 288. The van der Waals surface area contributed by atoms with Crippen molar-refractivity contribution in [2.75, 3.05) is 7.05 Å². The maximum absolute atomic E-state index is 4.44. The van der Waals surface area contributed by atoms with Crippen molar-refractivity contribution < 1.29 is 58.8 Å². The third-order valence-corrected chi connectivity index (χ3v) is 2.86. The first-order valence-electron chi connectivity index (χ1n) is 5.60. The summed E-state index contributed by atoms with van der Waals surface area (Å²) in [6.45, 7) is 4.34. The summed E-state index contributed by atoms with van der Waals surface area (Å²) in [6, 6.07) is 4.81. The van der Waals surface area contributed by atoms with Crippen LogP contribution in [0.2, 0.25) is 0 Å². The fraction of sp³-hybridized carbons (Fsp3) is 0.538. The second kappa shape index (κ2) is 10.9. The van der Waals surface area contributed by atoms with Gasteiger partial charge in [-0.25, -0.2) is 0 Å². The van der Waals surface area contributed by atoms with Crippen LogP contribution in [0.5, 0.6) is 0 Å². The molecule has 1 heterocycles. The molecule has 0 aliphatic rings. The van der Waals surface area contributed by atoms with Gasteiger partial charge in [0.2, 0.25) is 0 Å². The van der Waals surface area contributed by atoms with Crippen LogP contribution in [0.4, 0.5) is 0 Å². The topological polar surface area (TPSA) is 16.1 Å². The van der Waals surface area contributed by atoms with E-state index in [4.69, 9.17) is 0 Å². The van der Waals surface area contributed by atoms with Crippen LogP contribution >= 0.6 is 0 Å². The van der Waals surface area contributed by atoms with E-state index in [-0.39, 0.29) is 58.8 Å². The first-order chi connectivity index (χ1) is 7.13. The van der Waals surface area contributed by atoms with E-state index in [1.165, 1.54) is 11.3 Å². The molecule has 0 saturated heterocycles. The molecule has 1 rings (SSSR count). The van der Waals surface area contributed by atoms with E-state index in [2.05, 4.69) is 38.0 Å². The molecule has 0 aliphatic heterocycles. The van der Waals surface area contributed by atoms with Crippen LogP contribution in [-0.4, -0.2) is 23.0 Å². The maximum Gasteiger partial charge on any atom is 0.0404 e. The Morgan fingerprint density at radius 1 is 1.41 bits per heavy atom. The summed E-state index contributed by atoms with van der Waals surface area (Å²) in [5, 5.41) is 0. The Morgan fingerprint density at radius 2 is 2.06 bits per heavy atom. The largest absolute Gasteiger partial charge is 0.459 e. The molecule has 0 radical (unpaired) electrons. The van der Waals surface area contributed by atoms with Crippen LogP contribution in [0.1, 0.15) is 31.5 Å². The Morgan fingerprint density at radius 3 is 2.47 bits per heavy atom. The van der Waals surface area contributed by atoms with E-state index in [9.17, 15) is 0 Å². The number of pyridine rings is 1. The quantitative estimate of drug-likeness (QED) is 0.670. The van der Waals surface area contributed by atoms with Gasteiger partial charge in [0.15, 0.2) is 0 Å². The minimum atomic E-state index is 0. The maximum atomic E-state index is 4.44. The molecule has 0 spiro atoms. The van der Waals surface area contributed by atoms with Gasteiger partial charge >= 0.3 is 0 Å².